The van der Waals surface area contributed by atoms with E-state index in [1.54, 1.807) is 0 Å². The molecule has 3 unspecified atom stereocenters. The second kappa shape index (κ2) is 4.18. The van der Waals surface area contributed by atoms with Crippen LogP contribution in [0.1, 0.15) is 19.3 Å². The van der Waals surface area contributed by atoms with E-state index in [-0.39, 0.29) is 16.7 Å². The smallest absolute Gasteiger partial charge is 0.128 e. The van der Waals surface area contributed by atoms with Crippen LogP contribution in [0.15, 0.2) is 0 Å². The summed E-state index contributed by atoms with van der Waals surface area (Å²) in [5, 5.41) is 9.07. The van der Waals surface area contributed by atoms with Crippen LogP contribution in [0.3, 0.4) is 0 Å². The topological polar surface area (TPSA) is 20.2 Å². The van der Waals surface area contributed by atoms with Gasteiger partial charge >= 0.3 is 0 Å². The monoisotopic (exact) mass is 216 g/mol. The minimum atomic E-state index is -0.805. The normalized spacial score (nSPS) is 40.9. The van der Waals surface area contributed by atoms with Crippen molar-refractivity contribution in [3.05, 3.63) is 0 Å². The molecule has 0 aromatic rings. The highest BCUT2D eigenvalue weighted by atomic mass is 35.5. The number of rotatable bonds is 2. The van der Waals surface area contributed by atoms with Crippen LogP contribution in [0.5, 0.6) is 0 Å². The Morgan fingerprint density at radius 1 is 1.27 bits per heavy atom. The van der Waals surface area contributed by atoms with Gasteiger partial charge in [0, 0.05) is 10.8 Å². The van der Waals surface area contributed by atoms with Crippen LogP contribution >= 0.6 is 34.8 Å². The van der Waals surface area contributed by atoms with Crippen LogP contribution in [0.2, 0.25) is 0 Å². The van der Waals surface area contributed by atoms with Crippen molar-refractivity contribution in [2.24, 2.45) is 5.92 Å². The summed E-state index contributed by atoms with van der Waals surface area (Å²) in [6, 6.07) is 0. The molecule has 0 amide bonds. The number of halogens is 3. The Morgan fingerprint density at radius 2 is 1.73 bits per heavy atom. The van der Waals surface area contributed by atoms with Gasteiger partial charge in [-0.2, -0.15) is 0 Å². The quantitative estimate of drug-likeness (QED) is 0.705. The highest BCUT2D eigenvalue weighted by molar-refractivity contribution is 6.25. The maximum Gasteiger partial charge on any atom is 0.128 e. The van der Waals surface area contributed by atoms with Gasteiger partial charge in [-0.3, -0.25) is 0 Å². The van der Waals surface area contributed by atoms with Crippen LogP contribution in [0.25, 0.3) is 0 Å². The van der Waals surface area contributed by atoms with E-state index in [4.69, 9.17) is 39.9 Å². The Morgan fingerprint density at radius 3 is 2.09 bits per heavy atom. The average molecular weight is 218 g/mol. The third-order valence-electron chi connectivity index (χ3n) is 2.11. The molecule has 4 atom stereocenters. The van der Waals surface area contributed by atoms with E-state index >= 15 is 0 Å². The molecular weight excluding hydrogens is 206 g/mol. The van der Waals surface area contributed by atoms with Crippen molar-refractivity contribution in [2.45, 2.75) is 35.6 Å². The number of aliphatic hydroxyl groups is 1. The first kappa shape index (κ1) is 9.91. The number of alkyl halides is 3. The fourth-order valence-electron chi connectivity index (χ4n) is 1.49. The van der Waals surface area contributed by atoms with Gasteiger partial charge in [0.1, 0.15) is 5.56 Å². The van der Waals surface area contributed by atoms with Gasteiger partial charge in [-0.1, -0.05) is 11.6 Å². The first-order valence-electron chi connectivity index (χ1n) is 3.71. The molecule has 0 radical (unpaired) electrons. The van der Waals surface area contributed by atoms with Crippen LogP contribution in [-0.2, 0) is 0 Å². The molecule has 4 heteroatoms. The lowest BCUT2D eigenvalue weighted by atomic mass is 10.0. The second-order valence-corrected chi connectivity index (χ2v) is 4.57. The summed E-state index contributed by atoms with van der Waals surface area (Å²) >= 11 is 17.4. The second-order valence-electron chi connectivity index (χ2n) is 2.94. The van der Waals surface area contributed by atoms with Crippen molar-refractivity contribution in [3.8, 4) is 0 Å². The van der Waals surface area contributed by atoms with Gasteiger partial charge in [-0.15, -0.1) is 23.2 Å². The average Bonchev–Trinajstić information content (AvgIpc) is 2.18. The molecule has 1 N–H and O–H groups in total. The van der Waals surface area contributed by atoms with Crippen molar-refractivity contribution in [2.75, 3.05) is 0 Å². The molecule has 1 fully saturated rings. The summed E-state index contributed by atoms with van der Waals surface area (Å²) in [4.78, 5) is 0. The molecule has 1 aliphatic carbocycles. The van der Waals surface area contributed by atoms with Crippen molar-refractivity contribution in [3.63, 3.8) is 0 Å². The molecule has 0 spiro atoms. The molecule has 0 saturated heterocycles. The van der Waals surface area contributed by atoms with E-state index in [0.717, 1.165) is 12.8 Å². The SMILES string of the molecule is OC(Cl)CC1C(Cl)CC[C@@H]1Cl. The summed E-state index contributed by atoms with van der Waals surface area (Å²) in [5.74, 6) is 0.172. The maximum atomic E-state index is 8.90. The molecule has 1 rings (SSSR count). The standard InChI is InChI=1S/C7H11Cl3O/c8-5-1-2-6(9)4(5)3-7(10)11/h4-7,11H,1-3H2/t4?,5-,6?,7?/m0/s1. The van der Waals surface area contributed by atoms with E-state index in [1.807, 2.05) is 0 Å². The largest absolute Gasteiger partial charge is 0.378 e. The Hall–Kier alpha value is 0.830. The highest BCUT2D eigenvalue weighted by Gasteiger charge is 2.34. The van der Waals surface area contributed by atoms with Gasteiger partial charge in [0.2, 0.25) is 0 Å². The van der Waals surface area contributed by atoms with Crippen LogP contribution < -0.4 is 0 Å². The molecule has 0 aliphatic heterocycles. The Bertz CT molecular complexity index is 119. The van der Waals surface area contributed by atoms with Crippen molar-refractivity contribution >= 4 is 34.8 Å². The predicted octanol–water partition coefficient (Wildman–Crippen LogP) is 2.56. The van der Waals surface area contributed by atoms with Crippen molar-refractivity contribution in [1.82, 2.24) is 0 Å². The maximum absolute atomic E-state index is 8.90. The van der Waals surface area contributed by atoms with Gasteiger partial charge in [-0.05, 0) is 25.2 Å². The third kappa shape index (κ3) is 2.66. The molecule has 0 bridgehead atoms. The Kier molecular flexibility index (Phi) is 3.76. The molecule has 1 aliphatic rings. The Balaban J connectivity index is 2.41. The zero-order valence-corrected chi connectivity index (χ0v) is 8.28. The fourth-order valence-corrected chi connectivity index (χ4v) is 2.58. The van der Waals surface area contributed by atoms with Crippen LogP contribution in [0, 0.1) is 5.92 Å². The van der Waals surface area contributed by atoms with E-state index in [9.17, 15) is 0 Å². The lowest BCUT2D eigenvalue weighted by molar-refractivity contribution is 0.220. The first-order valence-corrected chi connectivity index (χ1v) is 5.02. The first-order chi connectivity index (χ1) is 5.11. The molecule has 0 heterocycles. The summed E-state index contributed by atoms with van der Waals surface area (Å²) in [5.41, 5.74) is -0.805. The van der Waals surface area contributed by atoms with Gasteiger partial charge in [0.05, 0.1) is 0 Å². The number of hydrogen-bond acceptors (Lipinski definition) is 1. The fraction of sp³-hybridized carbons (Fsp3) is 1.00. The summed E-state index contributed by atoms with van der Waals surface area (Å²) in [6.45, 7) is 0. The summed E-state index contributed by atoms with van der Waals surface area (Å²) < 4.78 is 0. The zero-order chi connectivity index (χ0) is 8.43. The zero-order valence-electron chi connectivity index (χ0n) is 6.01. The van der Waals surface area contributed by atoms with E-state index in [0.29, 0.717) is 6.42 Å². The molecular formula is C7H11Cl3O. The minimum Gasteiger partial charge on any atom is -0.378 e. The molecule has 1 saturated carbocycles. The molecule has 0 aromatic heterocycles. The van der Waals surface area contributed by atoms with Crippen LogP contribution in [0.4, 0.5) is 0 Å². The van der Waals surface area contributed by atoms with Gasteiger partial charge < -0.3 is 5.11 Å². The lowest BCUT2D eigenvalue weighted by Gasteiger charge is -2.17. The van der Waals surface area contributed by atoms with Crippen molar-refractivity contribution in [1.29, 1.82) is 0 Å². The minimum absolute atomic E-state index is 0.0888. The summed E-state index contributed by atoms with van der Waals surface area (Å²) in [6.07, 6.45) is 2.37. The number of aliphatic hydroxyl groups excluding tert-OH is 1. The van der Waals surface area contributed by atoms with Gasteiger partial charge in [0.15, 0.2) is 0 Å². The van der Waals surface area contributed by atoms with E-state index in [1.165, 1.54) is 0 Å². The van der Waals surface area contributed by atoms with Gasteiger partial charge in [0.25, 0.3) is 0 Å². The van der Waals surface area contributed by atoms with E-state index in [2.05, 4.69) is 0 Å². The molecule has 66 valence electrons. The predicted molar refractivity (Wildman–Crippen MR) is 48.5 cm³/mol. The Labute approximate surface area is 81.6 Å². The number of hydrogen-bond donors (Lipinski definition) is 1. The van der Waals surface area contributed by atoms with Crippen LogP contribution in [-0.4, -0.2) is 21.4 Å². The molecule has 1 nitrogen and oxygen atoms in total. The summed E-state index contributed by atoms with van der Waals surface area (Å²) in [7, 11) is 0. The van der Waals surface area contributed by atoms with Gasteiger partial charge in [-0.25, -0.2) is 0 Å². The third-order valence-corrected chi connectivity index (χ3v) is 3.38. The highest BCUT2D eigenvalue weighted by Crippen LogP contribution is 2.37. The van der Waals surface area contributed by atoms with E-state index < -0.39 is 5.56 Å². The molecule has 0 aromatic carbocycles. The van der Waals surface area contributed by atoms with Crippen molar-refractivity contribution < 1.29 is 5.11 Å². The molecule has 11 heavy (non-hydrogen) atoms. The lowest BCUT2D eigenvalue weighted by Crippen LogP contribution is -2.19.